The molecule has 2 saturated carbocycles. The number of carbonyl (C=O) groups excluding carboxylic acids is 4. The number of urea groups is 1. The van der Waals surface area contributed by atoms with Gasteiger partial charge in [0.05, 0.1) is 35.8 Å². The number of aliphatic hydroxyl groups excluding tert-OH is 3. The molecule has 0 aromatic heterocycles. The lowest BCUT2D eigenvalue weighted by molar-refractivity contribution is -0.343. The minimum atomic E-state index is -2.29. The van der Waals surface area contributed by atoms with E-state index in [2.05, 4.69) is 5.32 Å². The van der Waals surface area contributed by atoms with Crippen molar-refractivity contribution < 1.29 is 58.9 Å². The molecule has 3 fully saturated rings. The van der Waals surface area contributed by atoms with Gasteiger partial charge in [0, 0.05) is 38.3 Å². The second-order valence-corrected chi connectivity index (χ2v) is 15.7. The van der Waals surface area contributed by atoms with Crippen molar-refractivity contribution in [1.82, 2.24) is 10.2 Å². The standard InChI is InChI=1S/C39H48N2O12/c1-20-23(52-34(47)29(44)27(40-35(48)41(5)6)21-13-9-7-10-14-21)18-39(50)32(53-33(46)22-15-11-8-12-16-22)30-37(4,24(42)17-25-38(30,49)19-51-25)31(45)28(43)26(20)36(39,2)3/h7-16,23-25,27-30,32,42-44,49-50H,17-19H2,1-6H3,(H,40,48)/t23?,24?,25?,27?,28?,29?,30?,32?,37-,38?,39?/m1/s1. The molecule has 286 valence electrons. The summed E-state index contributed by atoms with van der Waals surface area (Å²) in [6.07, 6.45) is -10.2. The fraction of sp³-hybridized carbons (Fsp3) is 0.538. The van der Waals surface area contributed by atoms with E-state index in [1.807, 2.05) is 0 Å². The van der Waals surface area contributed by atoms with Gasteiger partial charge in [0.25, 0.3) is 0 Å². The lowest BCUT2D eigenvalue weighted by Crippen LogP contribution is -2.81. The zero-order chi connectivity index (χ0) is 38.8. The number of hydrogen-bond acceptors (Lipinski definition) is 12. The first-order chi connectivity index (χ1) is 24.8. The molecular weight excluding hydrogens is 688 g/mol. The summed E-state index contributed by atoms with van der Waals surface area (Å²) >= 11 is 0. The molecule has 10 unspecified atom stereocenters. The lowest BCUT2D eigenvalue weighted by atomic mass is 9.44. The van der Waals surface area contributed by atoms with Crippen LogP contribution in [0.25, 0.3) is 0 Å². The predicted molar refractivity (Wildman–Crippen MR) is 187 cm³/mol. The van der Waals surface area contributed by atoms with Gasteiger partial charge in [-0.1, -0.05) is 62.4 Å². The molecule has 1 heterocycles. The van der Waals surface area contributed by atoms with Gasteiger partial charge < -0.3 is 50.0 Å². The van der Waals surface area contributed by atoms with E-state index >= 15 is 0 Å². The van der Waals surface area contributed by atoms with Gasteiger partial charge in [-0.3, -0.25) is 4.79 Å². The molecule has 3 aliphatic carbocycles. The second-order valence-electron chi connectivity index (χ2n) is 15.7. The Morgan fingerprint density at radius 3 is 2.13 bits per heavy atom. The number of hydrogen-bond donors (Lipinski definition) is 6. The van der Waals surface area contributed by atoms with Gasteiger partial charge in [-0.2, -0.15) is 0 Å². The van der Waals surface area contributed by atoms with E-state index in [1.165, 1.54) is 45.0 Å². The molecule has 6 N–H and O–H groups in total. The number of ketones is 1. The summed E-state index contributed by atoms with van der Waals surface area (Å²) in [6.45, 7) is 5.71. The Hall–Kier alpha value is -4.18. The molecule has 2 bridgehead atoms. The Morgan fingerprint density at radius 2 is 1.57 bits per heavy atom. The summed E-state index contributed by atoms with van der Waals surface area (Å²) in [5, 5.41) is 63.1. The molecule has 4 aliphatic rings. The normalized spacial score (nSPS) is 35.6. The minimum Gasteiger partial charge on any atom is -0.456 e. The highest BCUT2D eigenvalue weighted by molar-refractivity contribution is 5.94. The molecule has 2 aromatic carbocycles. The van der Waals surface area contributed by atoms with Crippen molar-refractivity contribution in [2.45, 2.75) is 94.4 Å². The summed E-state index contributed by atoms with van der Waals surface area (Å²) in [6, 6.07) is 14.3. The quantitative estimate of drug-likeness (QED) is 0.176. The molecule has 14 nitrogen and oxygen atoms in total. The average Bonchev–Trinajstić information content (AvgIpc) is 3.12. The van der Waals surface area contributed by atoms with Crippen molar-refractivity contribution in [2.75, 3.05) is 20.7 Å². The lowest BCUT2D eigenvalue weighted by Gasteiger charge is -2.66. The minimum absolute atomic E-state index is 0.0318. The van der Waals surface area contributed by atoms with Crippen LogP contribution in [0.2, 0.25) is 0 Å². The third kappa shape index (κ3) is 5.96. The van der Waals surface area contributed by atoms with E-state index in [9.17, 15) is 44.7 Å². The Morgan fingerprint density at radius 1 is 0.962 bits per heavy atom. The van der Waals surface area contributed by atoms with Crippen LogP contribution in [0.15, 0.2) is 71.8 Å². The van der Waals surface area contributed by atoms with Crippen molar-refractivity contribution in [3.8, 4) is 0 Å². The van der Waals surface area contributed by atoms with Gasteiger partial charge in [-0.25, -0.2) is 14.4 Å². The van der Waals surface area contributed by atoms with Crippen molar-refractivity contribution in [1.29, 1.82) is 0 Å². The molecule has 1 saturated heterocycles. The first-order valence-electron chi connectivity index (χ1n) is 17.7. The van der Waals surface area contributed by atoms with Crippen LogP contribution in [0.3, 0.4) is 0 Å². The van der Waals surface area contributed by atoms with Gasteiger partial charge in [0.1, 0.15) is 29.5 Å². The molecular formula is C39H48N2O12. The van der Waals surface area contributed by atoms with Crippen LogP contribution in [-0.4, -0.2) is 123 Å². The molecule has 14 heteroatoms. The topological polar surface area (TPSA) is 212 Å². The SMILES string of the molecule is CC1=C2C(O)C(=O)[C@]3(C)C(O)CC4OCC4(O)C3C(OC(=O)c3ccccc3)C(O)(CC1OC(=O)C(O)C(NC(=O)N(C)C)c1ccccc1)C2(C)C. The predicted octanol–water partition coefficient (Wildman–Crippen LogP) is 1.44. The van der Waals surface area contributed by atoms with Gasteiger partial charge in [0.15, 0.2) is 11.9 Å². The highest BCUT2D eigenvalue weighted by Crippen LogP contribution is 2.63. The molecule has 2 amide bonds. The summed E-state index contributed by atoms with van der Waals surface area (Å²) in [7, 11) is 2.98. The molecule has 0 spiro atoms. The number of ether oxygens (including phenoxy) is 3. The number of esters is 2. The fourth-order valence-electron chi connectivity index (χ4n) is 8.99. The number of Topliss-reactive ketones (excluding diaryl/α,β-unsaturated/α-hetero) is 1. The van der Waals surface area contributed by atoms with Gasteiger partial charge in [-0.05, 0) is 42.7 Å². The van der Waals surface area contributed by atoms with E-state index in [1.54, 1.807) is 62.4 Å². The summed E-state index contributed by atoms with van der Waals surface area (Å²) in [5.74, 6) is -4.48. The van der Waals surface area contributed by atoms with Crippen LogP contribution >= 0.6 is 0 Å². The van der Waals surface area contributed by atoms with Crippen LogP contribution in [0.1, 0.15) is 62.5 Å². The number of carbonyl (C=O) groups is 4. The van der Waals surface area contributed by atoms with Gasteiger partial charge in [-0.15, -0.1) is 0 Å². The Kier molecular flexibility index (Phi) is 9.88. The van der Waals surface area contributed by atoms with Crippen molar-refractivity contribution in [3.05, 3.63) is 82.9 Å². The third-order valence-corrected chi connectivity index (χ3v) is 12.3. The van der Waals surface area contributed by atoms with Crippen LogP contribution in [0.5, 0.6) is 0 Å². The van der Waals surface area contributed by atoms with E-state index in [4.69, 9.17) is 14.2 Å². The number of amides is 2. The molecule has 0 radical (unpaired) electrons. The van der Waals surface area contributed by atoms with E-state index in [0.29, 0.717) is 5.56 Å². The van der Waals surface area contributed by atoms with Crippen molar-refractivity contribution in [3.63, 3.8) is 0 Å². The van der Waals surface area contributed by atoms with Crippen LogP contribution in [-0.2, 0) is 23.8 Å². The Balaban J connectivity index is 1.47. The van der Waals surface area contributed by atoms with Crippen LogP contribution < -0.4 is 5.32 Å². The average molecular weight is 737 g/mol. The fourth-order valence-corrected chi connectivity index (χ4v) is 8.99. The van der Waals surface area contributed by atoms with Crippen molar-refractivity contribution in [2.24, 2.45) is 16.7 Å². The van der Waals surface area contributed by atoms with Crippen LogP contribution in [0.4, 0.5) is 4.79 Å². The van der Waals surface area contributed by atoms with Gasteiger partial charge in [0.2, 0.25) is 0 Å². The maximum Gasteiger partial charge on any atom is 0.338 e. The smallest absolute Gasteiger partial charge is 0.338 e. The molecule has 53 heavy (non-hydrogen) atoms. The van der Waals surface area contributed by atoms with E-state index < -0.39 is 101 Å². The number of nitrogens with zero attached hydrogens (tertiary/aromatic N) is 1. The molecule has 11 atom stereocenters. The highest BCUT2D eigenvalue weighted by Gasteiger charge is 2.76. The monoisotopic (exact) mass is 736 g/mol. The van der Waals surface area contributed by atoms with E-state index in [0.717, 1.165) is 0 Å². The number of nitrogens with one attached hydrogen (secondary N) is 1. The second kappa shape index (κ2) is 13.6. The number of aliphatic hydroxyl groups is 5. The molecule has 1 aliphatic heterocycles. The highest BCUT2D eigenvalue weighted by atomic mass is 16.6. The number of rotatable bonds is 7. The summed E-state index contributed by atoms with van der Waals surface area (Å²) < 4.78 is 17.8. The first-order valence-corrected chi connectivity index (χ1v) is 17.7. The Labute approximate surface area is 307 Å². The van der Waals surface area contributed by atoms with Crippen LogP contribution in [0, 0.1) is 16.7 Å². The molecule has 6 rings (SSSR count). The third-order valence-electron chi connectivity index (χ3n) is 12.3. The number of fused-ring (bicyclic) bond motifs is 5. The van der Waals surface area contributed by atoms with Crippen molar-refractivity contribution >= 4 is 23.8 Å². The number of benzene rings is 2. The largest absolute Gasteiger partial charge is 0.456 e. The zero-order valence-electron chi connectivity index (χ0n) is 30.6. The zero-order valence-corrected chi connectivity index (χ0v) is 30.6. The maximum absolute atomic E-state index is 14.7. The Bertz CT molecular complexity index is 1800. The summed E-state index contributed by atoms with van der Waals surface area (Å²) in [4.78, 5) is 56.4. The summed E-state index contributed by atoms with van der Waals surface area (Å²) in [5.41, 5.74) is -7.06. The van der Waals surface area contributed by atoms with Gasteiger partial charge >= 0.3 is 18.0 Å². The molecule has 2 aromatic rings. The van der Waals surface area contributed by atoms with E-state index in [-0.39, 0.29) is 29.7 Å². The maximum atomic E-state index is 14.7. The first kappa shape index (κ1) is 38.5.